The van der Waals surface area contributed by atoms with Gasteiger partial charge in [-0.05, 0) is 5.43 Å². The van der Waals surface area contributed by atoms with Crippen molar-refractivity contribution in [2.24, 2.45) is 10.7 Å². The number of hydrogen-bond donors (Lipinski definition) is 4. The van der Waals surface area contributed by atoms with Gasteiger partial charge in [-0.15, -0.1) is 0 Å². The van der Waals surface area contributed by atoms with Crippen LogP contribution in [0.5, 0.6) is 0 Å². The highest BCUT2D eigenvalue weighted by Crippen LogP contribution is 1.66. The first-order valence-corrected chi connectivity index (χ1v) is 2.50. The van der Waals surface area contributed by atoms with E-state index in [4.69, 9.17) is 16.0 Å². The van der Waals surface area contributed by atoms with E-state index in [0.717, 1.165) is 0 Å². The Morgan fingerprint density at radius 1 is 1.80 bits per heavy atom. The van der Waals surface area contributed by atoms with Crippen LogP contribution in [0, 0.1) is 4.91 Å². The number of hydrogen-bond acceptors (Lipinski definition) is 3. The number of aliphatic hydroxyl groups is 1. The van der Waals surface area contributed by atoms with Crippen LogP contribution >= 0.6 is 0 Å². The molecule has 0 aromatic rings. The second kappa shape index (κ2) is 4.50. The van der Waals surface area contributed by atoms with Crippen molar-refractivity contribution in [3.05, 3.63) is 4.91 Å². The lowest BCUT2D eigenvalue weighted by Crippen LogP contribution is -2.37. The van der Waals surface area contributed by atoms with E-state index in [-0.39, 0.29) is 19.1 Å². The Hall–Kier alpha value is -1.37. The molecule has 0 rings (SSSR count). The monoisotopic (exact) mass is 149 g/mol. The minimum absolute atomic E-state index is 0.0900. The van der Waals surface area contributed by atoms with Gasteiger partial charge in [0.25, 0.3) is 5.96 Å². The van der Waals surface area contributed by atoms with Crippen LogP contribution in [0.2, 0.25) is 0 Å². The molecule has 58 valence electrons. The molecule has 0 aliphatic rings. The molecule has 0 bridgehead atoms. The number of guanidine groups is 1. The van der Waals surface area contributed by atoms with Gasteiger partial charge in [0.05, 0.1) is 13.2 Å². The summed E-state index contributed by atoms with van der Waals surface area (Å²) in [5.74, 6) is -0.244. The molecule has 0 aliphatic carbocycles. The normalized spacial score (nSPS) is 11.1. The van der Waals surface area contributed by atoms with Crippen LogP contribution in [-0.4, -0.2) is 34.5 Å². The summed E-state index contributed by atoms with van der Waals surface area (Å²) in [6, 6.07) is 0. The van der Waals surface area contributed by atoms with Crippen molar-refractivity contribution in [2.75, 3.05) is 13.2 Å². The van der Waals surface area contributed by atoms with Crippen LogP contribution in [0.1, 0.15) is 0 Å². The predicted molar refractivity (Wildman–Crippen MR) is 32.1 cm³/mol. The average Bonchev–Trinajstić information content (AvgIpc) is 1.82. The van der Waals surface area contributed by atoms with Crippen molar-refractivity contribution in [2.45, 2.75) is 0 Å². The molecule has 0 aromatic carbocycles. The zero-order valence-corrected chi connectivity index (χ0v) is 5.19. The van der Waals surface area contributed by atoms with Gasteiger partial charge in [0.2, 0.25) is 0 Å². The fraction of sp³-hybridized carbons (Fsp3) is 0.667. The predicted octanol–water partition coefficient (Wildman–Crippen LogP) is -2.03. The first-order chi connectivity index (χ1) is 4.66. The summed E-state index contributed by atoms with van der Waals surface area (Å²) in [6.45, 7) is -0.0701. The van der Waals surface area contributed by atoms with E-state index in [1.807, 2.05) is 0 Å². The lowest BCUT2D eigenvalue weighted by molar-refractivity contribution is -0.822. The van der Waals surface area contributed by atoms with E-state index in [1.54, 1.807) is 5.43 Å². The Morgan fingerprint density at radius 2 is 2.40 bits per heavy atom. The van der Waals surface area contributed by atoms with Crippen LogP contribution in [0.4, 0.5) is 0 Å². The first-order valence-electron chi connectivity index (χ1n) is 2.50. The van der Waals surface area contributed by atoms with Gasteiger partial charge < -0.3 is 10.8 Å². The molecule has 0 saturated heterocycles. The summed E-state index contributed by atoms with van der Waals surface area (Å²) in [6.07, 6.45) is 0. The highest BCUT2D eigenvalue weighted by atomic mass is 16.7. The first kappa shape index (κ1) is 8.63. The fourth-order valence-corrected chi connectivity index (χ4v) is 0.304. The summed E-state index contributed by atoms with van der Waals surface area (Å²) in [7, 11) is 0. The fourth-order valence-electron chi connectivity index (χ4n) is 0.304. The molecular formula is C3H9N4O3+. The number of aliphatic imine (C=N–C) groups is 1. The zero-order chi connectivity index (χ0) is 7.98. The molecule has 10 heavy (non-hydrogen) atoms. The van der Waals surface area contributed by atoms with Gasteiger partial charge in [-0.1, -0.05) is 0 Å². The Balaban J connectivity index is 3.59. The number of hydrazine groups is 1. The molecule has 0 spiro atoms. The van der Waals surface area contributed by atoms with Crippen molar-refractivity contribution in [1.29, 1.82) is 0 Å². The third kappa shape index (κ3) is 4.78. The van der Waals surface area contributed by atoms with E-state index in [1.165, 1.54) is 0 Å². The Morgan fingerprint density at radius 3 is 2.80 bits per heavy atom. The standard InChI is InChI=1S/C3H9N4O3/c4-3(5-1-2-8)6-7(9)10/h8H,1-2H2,(H,9,10)(H3,4,5,6)/q+1. The van der Waals surface area contributed by atoms with E-state index < -0.39 is 5.03 Å². The second-order valence-corrected chi connectivity index (χ2v) is 1.38. The quantitative estimate of drug-likeness (QED) is 0.210. The Labute approximate surface area is 56.7 Å². The largest absolute Gasteiger partial charge is 0.394 e. The average molecular weight is 149 g/mol. The maximum Gasteiger partial charge on any atom is 0.362 e. The molecule has 5 N–H and O–H groups in total. The van der Waals surface area contributed by atoms with Gasteiger partial charge in [0, 0.05) is 0 Å². The topological polar surface area (TPSA) is 111 Å². The molecule has 0 unspecified atom stereocenters. The van der Waals surface area contributed by atoms with Crippen LogP contribution in [0.25, 0.3) is 0 Å². The molecule has 7 heteroatoms. The SMILES string of the molecule is NC(=NCCO)N[N+](=O)O. The summed E-state index contributed by atoms with van der Waals surface area (Å²) in [4.78, 5) is 13.2. The van der Waals surface area contributed by atoms with Gasteiger partial charge >= 0.3 is 5.03 Å². The number of aliphatic hydroxyl groups excluding tert-OH is 1. The Kier molecular flexibility index (Phi) is 3.89. The summed E-state index contributed by atoms with van der Waals surface area (Å²) in [5.41, 5.74) is 6.71. The van der Waals surface area contributed by atoms with E-state index in [9.17, 15) is 4.91 Å². The zero-order valence-electron chi connectivity index (χ0n) is 5.19. The molecule has 0 heterocycles. The van der Waals surface area contributed by atoms with Crippen molar-refractivity contribution in [3.8, 4) is 0 Å². The van der Waals surface area contributed by atoms with Gasteiger partial charge in [-0.25, -0.2) is 10.2 Å². The molecule has 0 aromatic heterocycles. The minimum atomic E-state index is -0.573. The van der Waals surface area contributed by atoms with Crippen LogP contribution in [-0.2, 0) is 0 Å². The lowest BCUT2D eigenvalue weighted by Gasteiger charge is -1.89. The summed E-state index contributed by atoms with van der Waals surface area (Å²) >= 11 is 0. The van der Waals surface area contributed by atoms with Gasteiger partial charge in [-0.3, -0.25) is 0 Å². The van der Waals surface area contributed by atoms with Crippen LogP contribution < -0.4 is 11.2 Å². The van der Waals surface area contributed by atoms with Crippen LogP contribution in [0.15, 0.2) is 4.99 Å². The molecule has 7 nitrogen and oxygen atoms in total. The third-order valence-electron chi connectivity index (χ3n) is 0.592. The van der Waals surface area contributed by atoms with Gasteiger partial charge in [-0.2, -0.15) is 0 Å². The number of nitrogens with two attached hydrogens (primary N) is 1. The molecule has 0 fully saturated rings. The number of nitrogens with one attached hydrogen (secondary N) is 1. The molecule has 0 saturated carbocycles. The third-order valence-corrected chi connectivity index (χ3v) is 0.592. The van der Waals surface area contributed by atoms with E-state index in [0.29, 0.717) is 0 Å². The van der Waals surface area contributed by atoms with E-state index >= 15 is 0 Å². The Bertz CT molecular complexity index is 145. The van der Waals surface area contributed by atoms with Crippen molar-refractivity contribution in [3.63, 3.8) is 0 Å². The molecule has 0 aliphatic heterocycles. The van der Waals surface area contributed by atoms with Crippen LogP contribution in [0.3, 0.4) is 0 Å². The van der Waals surface area contributed by atoms with E-state index in [2.05, 4.69) is 4.99 Å². The molecule has 0 amide bonds. The van der Waals surface area contributed by atoms with Crippen molar-refractivity contribution in [1.82, 2.24) is 5.43 Å². The molecule has 0 atom stereocenters. The lowest BCUT2D eigenvalue weighted by atomic mass is 10.7. The summed E-state index contributed by atoms with van der Waals surface area (Å²) in [5, 5.41) is 15.6. The second-order valence-electron chi connectivity index (χ2n) is 1.38. The number of rotatable bonds is 3. The minimum Gasteiger partial charge on any atom is -0.394 e. The van der Waals surface area contributed by atoms with Gasteiger partial charge in [0.1, 0.15) is 4.91 Å². The number of nitrogens with zero attached hydrogens (tertiary/aromatic N) is 2. The molecule has 0 radical (unpaired) electrons. The summed E-state index contributed by atoms with van der Waals surface area (Å²) < 4.78 is 0. The smallest absolute Gasteiger partial charge is 0.362 e. The maximum atomic E-state index is 9.76. The highest BCUT2D eigenvalue weighted by molar-refractivity contribution is 5.76. The van der Waals surface area contributed by atoms with Crippen molar-refractivity contribution >= 4 is 5.96 Å². The maximum absolute atomic E-state index is 9.76. The van der Waals surface area contributed by atoms with Crippen molar-refractivity contribution < 1.29 is 15.3 Å². The highest BCUT2D eigenvalue weighted by Gasteiger charge is 2.02. The van der Waals surface area contributed by atoms with Gasteiger partial charge in [0.15, 0.2) is 0 Å². The molecular weight excluding hydrogens is 140 g/mol.